The number of hydrogen-bond acceptors (Lipinski definition) is 3. The van der Waals surface area contributed by atoms with Crippen LogP contribution in [0.2, 0.25) is 0 Å². The predicted molar refractivity (Wildman–Crippen MR) is 60.6 cm³/mol. The molecule has 1 atom stereocenters. The smallest absolute Gasteiger partial charge is 0.306 e. The third-order valence-electron chi connectivity index (χ3n) is 2.67. The Kier molecular flexibility index (Phi) is 4.30. The molecule has 3 heteroatoms. The fraction of sp³-hybridized carbons (Fsp3) is 0.538. The van der Waals surface area contributed by atoms with Crippen molar-refractivity contribution in [3.05, 3.63) is 11.1 Å². The van der Waals surface area contributed by atoms with Crippen LogP contribution in [0.1, 0.15) is 39.5 Å². The second-order valence-electron chi connectivity index (χ2n) is 3.90. The molecule has 0 aromatic heterocycles. The third-order valence-corrected chi connectivity index (χ3v) is 2.67. The zero-order valence-corrected chi connectivity index (χ0v) is 9.71. The summed E-state index contributed by atoms with van der Waals surface area (Å²) in [4.78, 5) is 22.9. The lowest BCUT2D eigenvalue weighted by Crippen LogP contribution is -2.17. The molecule has 1 aliphatic rings. The number of ether oxygens (including phenoxy) is 1. The van der Waals surface area contributed by atoms with Crippen molar-refractivity contribution >= 4 is 11.8 Å². The maximum Gasteiger partial charge on any atom is 0.306 e. The highest BCUT2D eigenvalue weighted by Gasteiger charge is 2.31. The van der Waals surface area contributed by atoms with E-state index in [2.05, 4.69) is 5.92 Å². The van der Waals surface area contributed by atoms with Gasteiger partial charge >= 0.3 is 5.97 Å². The topological polar surface area (TPSA) is 43.4 Å². The van der Waals surface area contributed by atoms with Crippen molar-refractivity contribution in [3.8, 4) is 12.3 Å². The molecular formula is C13H16O3. The molecule has 0 aromatic rings. The Morgan fingerprint density at radius 3 is 2.88 bits per heavy atom. The van der Waals surface area contributed by atoms with Gasteiger partial charge < -0.3 is 4.74 Å². The quantitative estimate of drug-likeness (QED) is 0.537. The van der Waals surface area contributed by atoms with Gasteiger partial charge in [0.2, 0.25) is 0 Å². The summed E-state index contributed by atoms with van der Waals surface area (Å²) in [6.07, 6.45) is 6.50. The number of terminal acetylenes is 1. The molecular weight excluding hydrogens is 204 g/mol. The summed E-state index contributed by atoms with van der Waals surface area (Å²) in [5, 5.41) is 0. The van der Waals surface area contributed by atoms with Crippen molar-refractivity contribution in [2.45, 2.75) is 45.6 Å². The van der Waals surface area contributed by atoms with Gasteiger partial charge in [0.1, 0.15) is 6.10 Å². The first-order chi connectivity index (χ1) is 7.60. The van der Waals surface area contributed by atoms with E-state index in [-0.39, 0.29) is 18.2 Å². The van der Waals surface area contributed by atoms with E-state index in [4.69, 9.17) is 11.2 Å². The fourth-order valence-electron chi connectivity index (χ4n) is 1.75. The van der Waals surface area contributed by atoms with E-state index >= 15 is 0 Å². The molecule has 0 amide bonds. The number of ketones is 1. The molecule has 0 saturated carbocycles. The number of hydrogen-bond donors (Lipinski definition) is 0. The van der Waals surface area contributed by atoms with Gasteiger partial charge in [-0.3, -0.25) is 9.59 Å². The summed E-state index contributed by atoms with van der Waals surface area (Å²) in [7, 11) is 0. The Morgan fingerprint density at radius 1 is 1.62 bits per heavy atom. The number of carbonyl (C=O) groups excluding carboxylic acids is 2. The fourth-order valence-corrected chi connectivity index (χ4v) is 1.75. The van der Waals surface area contributed by atoms with E-state index in [0.717, 1.165) is 12.0 Å². The molecule has 86 valence electrons. The van der Waals surface area contributed by atoms with E-state index in [1.807, 2.05) is 13.8 Å². The zero-order valence-electron chi connectivity index (χ0n) is 9.71. The maximum absolute atomic E-state index is 11.6. The monoisotopic (exact) mass is 220 g/mol. The van der Waals surface area contributed by atoms with Gasteiger partial charge in [-0.2, -0.15) is 0 Å². The summed E-state index contributed by atoms with van der Waals surface area (Å²) in [6.45, 7) is 3.72. The van der Waals surface area contributed by atoms with Crippen LogP contribution in [-0.4, -0.2) is 17.9 Å². The van der Waals surface area contributed by atoms with E-state index < -0.39 is 6.10 Å². The normalized spacial score (nSPS) is 19.8. The van der Waals surface area contributed by atoms with Crippen molar-refractivity contribution in [2.24, 2.45) is 0 Å². The Balaban J connectivity index is 2.69. The Bertz CT molecular complexity index is 371. The van der Waals surface area contributed by atoms with Crippen LogP contribution in [0, 0.1) is 12.3 Å². The van der Waals surface area contributed by atoms with E-state index in [1.54, 1.807) is 0 Å². The molecule has 0 heterocycles. The van der Waals surface area contributed by atoms with Crippen LogP contribution >= 0.6 is 0 Å². The first-order valence-corrected chi connectivity index (χ1v) is 5.45. The Morgan fingerprint density at radius 2 is 2.31 bits per heavy atom. The number of Topliss-reactive ketones (excluding diaryl/α,β-unsaturated/α-hetero) is 1. The lowest BCUT2D eigenvalue weighted by Gasteiger charge is -2.12. The second-order valence-corrected chi connectivity index (χ2v) is 3.90. The highest BCUT2D eigenvalue weighted by molar-refractivity contribution is 6.00. The highest BCUT2D eigenvalue weighted by Crippen LogP contribution is 2.27. The minimum absolute atomic E-state index is 0.00440. The number of esters is 1. The van der Waals surface area contributed by atoms with Crippen LogP contribution in [0.3, 0.4) is 0 Å². The first kappa shape index (κ1) is 12.5. The summed E-state index contributed by atoms with van der Waals surface area (Å²) in [5.74, 6) is 2.21. The molecule has 0 radical (unpaired) electrons. The molecule has 3 nitrogen and oxygen atoms in total. The average Bonchev–Trinajstić information content (AvgIpc) is 2.47. The molecule has 0 aliphatic heterocycles. The van der Waals surface area contributed by atoms with Crippen molar-refractivity contribution in [2.75, 3.05) is 0 Å². The molecule has 0 fully saturated rings. The molecule has 0 aromatic carbocycles. The van der Waals surface area contributed by atoms with Crippen molar-refractivity contribution in [1.82, 2.24) is 0 Å². The summed E-state index contributed by atoms with van der Waals surface area (Å²) in [6, 6.07) is 0. The van der Waals surface area contributed by atoms with Gasteiger partial charge in [0, 0.05) is 18.4 Å². The van der Waals surface area contributed by atoms with Crippen LogP contribution in [0.4, 0.5) is 0 Å². The largest absolute Gasteiger partial charge is 0.457 e. The van der Waals surface area contributed by atoms with Gasteiger partial charge in [-0.05, 0) is 18.9 Å². The van der Waals surface area contributed by atoms with Crippen LogP contribution in [0.25, 0.3) is 0 Å². The van der Waals surface area contributed by atoms with Gasteiger partial charge in [0.15, 0.2) is 5.78 Å². The van der Waals surface area contributed by atoms with E-state index in [9.17, 15) is 9.59 Å². The molecule has 0 spiro atoms. The summed E-state index contributed by atoms with van der Waals surface area (Å²) >= 11 is 0. The molecule has 1 unspecified atom stereocenters. The Labute approximate surface area is 95.9 Å². The minimum atomic E-state index is -0.394. The molecule has 16 heavy (non-hydrogen) atoms. The van der Waals surface area contributed by atoms with E-state index in [0.29, 0.717) is 18.4 Å². The first-order valence-electron chi connectivity index (χ1n) is 5.45. The lowest BCUT2D eigenvalue weighted by molar-refractivity contribution is -0.147. The SMILES string of the molecule is C#CCC1=C(C)C(OC(=O)CCC)CC1=O. The van der Waals surface area contributed by atoms with Gasteiger partial charge in [-0.1, -0.05) is 6.92 Å². The number of rotatable bonds is 4. The van der Waals surface area contributed by atoms with Gasteiger partial charge in [-0.25, -0.2) is 0 Å². The van der Waals surface area contributed by atoms with Gasteiger partial charge in [0.05, 0.1) is 6.42 Å². The molecule has 1 rings (SSSR count). The average molecular weight is 220 g/mol. The van der Waals surface area contributed by atoms with Crippen molar-refractivity contribution in [1.29, 1.82) is 0 Å². The lowest BCUT2D eigenvalue weighted by atomic mass is 10.1. The Hall–Kier alpha value is -1.56. The second kappa shape index (κ2) is 5.50. The van der Waals surface area contributed by atoms with Gasteiger partial charge in [0.25, 0.3) is 0 Å². The van der Waals surface area contributed by atoms with Crippen LogP contribution in [0.15, 0.2) is 11.1 Å². The van der Waals surface area contributed by atoms with Crippen molar-refractivity contribution < 1.29 is 14.3 Å². The standard InChI is InChI=1S/C13H16O3/c1-4-6-10-9(3)12(8-11(10)14)16-13(15)7-5-2/h1,12H,5-8H2,2-3H3. The zero-order chi connectivity index (χ0) is 12.1. The number of carbonyl (C=O) groups is 2. The third kappa shape index (κ3) is 2.73. The highest BCUT2D eigenvalue weighted by atomic mass is 16.5. The van der Waals surface area contributed by atoms with Crippen molar-refractivity contribution in [3.63, 3.8) is 0 Å². The summed E-state index contributed by atoms with van der Waals surface area (Å²) in [5.41, 5.74) is 1.45. The van der Waals surface area contributed by atoms with Crippen LogP contribution < -0.4 is 0 Å². The van der Waals surface area contributed by atoms with Crippen LogP contribution in [0.5, 0.6) is 0 Å². The maximum atomic E-state index is 11.6. The summed E-state index contributed by atoms with van der Waals surface area (Å²) < 4.78 is 5.22. The minimum Gasteiger partial charge on any atom is -0.457 e. The van der Waals surface area contributed by atoms with E-state index in [1.165, 1.54) is 0 Å². The number of allylic oxidation sites excluding steroid dienone is 1. The molecule has 0 saturated heterocycles. The predicted octanol–water partition coefficient (Wildman–Crippen LogP) is 2.01. The van der Waals surface area contributed by atoms with Gasteiger partial charge in [-0.15, -0.1) is 12.3 Å². The molecule has 1 aliphatic carbocycles. The molecule has 0 N–H and O–H groups in total. The molecule has 0 bridgehead atoms. The van der Waals surface area contributed by atoms with Crippen LogP contribution in [-0.2, 0) is 14.3 Å².